The summed E-state index contributed by atoms with van der Waals surface area (Å²) < 4.78 is 6.08. The Hall–Kier alpha value is -2.15. The van der Waals surface area contributed by atoms with Crippen LogP contribution in [-0.2, 0) is 26.5 Å². The van der Waals surface area contributed by atoms with Crippen LogP contribution in [0.4, 0.5) is 5.82 Å². The first-order chi connectivity index (χ1) is 13.0. The van der Waals surface area contributed by atoms with Crippen LogP contribution in [0.15, 0.2) is 36.5 Å². The van der Waals surface area contributed by atoms with E-state index in [0.29, 0.717) is 42.6 Å². The van der Waals surface area contributed by atoms with E-state index in [1.807, 2.05) is 18.2 Å². The molecule has 1 saturated heterocycles. The molecule has 4 rings (SSSR count). The molecule has 2 aliphatic heterocycles. The average molecular weight is 406 g/mol. The Labute approximate surface area is 166 Å². The molecule has 1 fully saturated rings. The molecule has 8 heteroatoms. The second-order valence-electron chi connectivity index (χ2n) is 6.69. The lowest BCUT2D eigenvalue weighted by Gasteiger charge is -2.39. The molecule has 0 atom stereocenters. The van der Waals surface area contributed by atoms with Crippen molar-refractivity contribution >= 4 is 40.8 Å². The van der Waals surface area contributed by atoms with E-state index in [4.69, 9.17) is 27.9 Å². The number of nitrogens with zero attached hydrogens (tertiary/aromatic N) is 2. The molecule has 2 aromatic rings. The van der Waals surface area contributed by atoms with Crippen molar-refractivity contribution in [1.82, 2.24) is 9.88 Å². The summed E-state index contributed by atoms with van der Waals surface area (Å²) in [7, 11) is 0. The summed E-state index contributed by atoms with van der Waals surface area (Å²) >= 11 is 11.8. The molecule has 2 amide bonds. The molecule has 3 heterocycles. The second-order valence-corrected chi connectivity index (χ2v) is 7.57. The Morgan fingerprint density at radius 2 is 1.85 bits per heavy atom. The van der Waals surface area contributed by atoms with Crippen molar-refractivity contribution in [3.63, 3.8) is 0 Å². The number of ether oxygens (including phenoxy) is 1. The van der Waals surface area contributed by atoms with Crippen LogP contribution in [0.2, 0.25) is 10.0 Å². The number of carbonyl (C=O) groups excluding carboxylic acids is 2. The number of piperidine rings is 1. The van der Waals surface area contributed by atoms with Crippen LogP contribution in [0.25, 0.3) is 0 Å². The number of rotatable bonds is 1. The Kier molecular flexibility index (Phi) is 4.80. The normalized spacial score (nSPS) is 17.6. The fourth-order valence-electron chi connectivity index (χ4n) is 3.67. The van der Waals surface area contributed by atoms with Gasteiger partial charge in [-0.3, -0.25) is 9.59 Å². The molecule has 1 N–H and O–H groups in total. The van der Waals surface area contributed by atoms with Gasteiger partial charge in [-0.2, -0.15) is 0 Å². The molecule has 0 radical (unpaired) electrons. The van der Waals surface area contributed by atoms with Gasteiger partial charge in [-0.25, -0.2) is 4.98 Å². The minimum atomic E-state index is -0.708. The van der Waals surface area contributed by atoms with Gasteiger partial charge in [0, 0.05) is 24.3 Å². The standard InChI is InChI=1S/C19H17Cl2N3O3/c20-13-1-3-15-12(9-13)11-27-19(15)5-7-24(8-6-19)18(26)17(25)23-16-4-2-14(21)10-22-16/h1-4,9-10H,5-8,11H2,(H,22,23,25). The van der Waals surface area contributed by atoms with Crippen LogP contribution in [0.1, 0.15) is 24.0 Å². The largest absolute Gasteiger partial charge is 0.365 e. The zero-order valence-corrected chi connectivity index (χ0v) is 15.9. The lowest BCUT2D eigenvalue weighted by Crippen LogP contribution is -2.48. The Morgan fingerprint density at radius 3 is 2.56 bits per heavy atom. The lowest BCUT2D eigenvalue weighted by molar-refractivity contribution is -0.147. The number of aromatic nitrogens is 1. The zero-order chi connectivity index (χ0) is 19.0. The summed E-state index contributed by atoms with van der Waals surface area (Å²) in [5.74, 6) is -0.993. The third-order valence-corrected chi connectivity index (χ3v) is 5.54. The molecular weight excluding hydrogens is 389 g/mol. The molecule has 140 valence electrons. The van der Waals surface area contributed by atoms with Crippen molar-refractivity contribution in [2.75, 3.05) is 18.4 Å². The van der Waals surface area contributed by atoms with E-state index >= 15 is 0 Å². The number of pyridine rings is 1. The van der Waals surface area contributed by atoms with Gasteiger partial charge in [0.2, 0.25) is 0 Å². The summed E-state index contributed by atoms with van der Waals surface area (Å²) in [6.45, 7) is 1.41. The van der Waals surface area contributed by atoms with E-state index in [1.54, 1.807) is 17.0 Å². The topological polar surface area (TPSA) is 71.5 Å². The summed E-state index contributed by atoms with van der Waals surface area (Å²) in [5, 5.41) is 3.65. The Bertz CT molecular complexity index is 894. The number of amides is 2. The number of benzene rings is 1. The first-order valence-electron chi connectivity index (χ1n) is 8.61. The molecule has 0 saturated carbocycles. The van der Waals surface area contributed by atoms with E-state index < -0.39 is 17.4 Å². The zero-order valence-electron chi connectivity index (χ0n) is 14.4. The fourth-order valence-corrected chi connectivity index (χ4v) is 3.97. The number of carbonyl (C=O) groups is 2. The summed E-state index contributed by atoms with van der Waals surface area (Å²) in [4.78, 5) is 30.2. The minimum Gasteiger partial charge on any atom is -0.365 e. The number of halogens is 2. The van der Waals surface area contributed by atoms with Gasteiger partial charge in [0.25, 0.3) is 0 Å². The van der Waals surface area contributed by atoms with Crippen molar-refractivity contribution in [3.05, 3.63) is 57.7 Å². The van der Waals surface area contributed by atoms with E-state index in [0.717, 1.165) is 11.1 Å². The molecule has 27 heavy (non-hydrogen) atoms. The summed E-state index contributed by atoms with van der Waals surface area (Å²) in [5.41, 5.74) is 1.83. The van der Waals surface area contributed by atoms with Crippen molar-refractivity contribution < 1.29 is 14.3 Å². The molecule has 1 aromatic carbocycles. The fraction of sp³-hybridized carbons (Fsp3) is 0.316. The average Bonchev–Trinajstić information content (AvgIpc) is 3.01. The van der Waals surface area contributed by atoms with Crippen LogP contribution >= 0.6 is 23.2 Å². The maximum absolute atomic E-state index is 12.5. The first-order valence-corrected chi connectivity index (χ1v) is 9.37. The van der Waals surface area contributed by atoms with Gasteiger partial charge >= 0.3 is 11.8 Å². The number of likely N-dealkylation sites (tertiary alicyclic amines) is 1. The summed E-state index contributed by atoms with van der Waals surface area (Å²) in [6, 6.07) is 8.94. The van der Waals surface area contributed by atoms with Gasteiger partial charge in [-0.1, -0.05) is 29.3 Å². The van der Waals surface area contributed by atoms with Crippen LogP contribution in [0.3, 0.4) is 0 Å². The highest BCUT2D eigenvalue weighted by atomic mass is 35.5. The highest BCUT2D eigenvalue weighted by Crippen LogP contribution is 2.44. The molecule has 0 bridgehead atoms. The Morgan fingerprint density at radius 1 is 1.11 bits per heavy atom. The second kappa shape index (κ2) is 7.11. The van der Waals surface area contributed by atoms with E-state index in [1.165, 1.54) is 6.20 Å². The summed E-state index contributed by atoms with van der Waals surface area (Å²) in [6.07, 6.45) is 2.69. The van der Waals surface area contributed by atoms with Crippen molar-refractivity contribution in [2.24, 2.45) is 0 Å². The van der Waals surface area contributed by atoms with Crippen LogP contribution < -0.4 is 5.32 Å². The SMILES string of the molecule is O=C(Nc1ccc(Cl)cn1)C(=O)N1CCC2(CC1)OCc1cc(Cl)ccc12. The number of hydrogen-bond acceptors (Lipinski definition) is 4. The molecule has 0 unspecified atom stereocenters. The molecule has 1 aromatic heterocycles. The molecule has 2 aliphatic rings. The highest BCUT2D eigenvalue weighted by Gasteiger charge is 2.44. The molecule has 1 spiro atoms. The van der Waals surface area contributed by atoms with E-state index in [2.05, 4.69) is 10.3 Å². The van der Waals surface area contributed by atoms with Crippen LogP contribution in [0.5, 0.6) is 0 Å². The van der Waals surface area contributed by atoms with Gasteiger partial charge in [-0.15, -0.1) is 0 Å². The van der Waals surface area contributed by atoms with Gasteiger partial charge in [-0.05, 0) is 48.2 Å². The van der Waals surface area contributed by atoms with E-state index in [9.17, 15) is 9.59 Å². The number of nitrogens with one attached hydrogen (secondary N) is 1. The minimum absolute atomic E-state index is 0.288. The van der Waals surface area contributed by atoms with E-state index in [-0.39, 0.29) is 5.82 Å². The van der Waals surface area contributed by atoms with Gasteiger partial charge < -0.3 is 15.0 Å². The quantitative estimate of drug-likeness (QED) is 0.738. The van der Waals surface area contributed by atoms with Crippen molar-refractivity contribution in [3.8, 4) is 0 Å². The number of anilines is 1. The van der Waals surface area contributed by atoms with Gasteiger partial charge in [0.05, 0.1) is 17.2 Å². The maximum Gasteiger partial charge on any atom is 0.315 e. The number of hydrogen-bond donors (Lipinski definition) is 1. The highest BCUT2D eigenvalue weighted by molar-refractivity contribution is 6.39. The predicted octanol–water partition coefficient (Wildman–Crippen LogP) is 3.38. The predicted molar refractivity (Wildman–Crippen MR) is 102 cm³/mol. The van der Waals surface area contributed by atoms with Crippen molar-refractivity contribution in [2.45, 2.75) is 25.0 Å². The Balaban J connectivity index is 1.40. The molecular formula is C19H17Cl2N3O3. The number of fused-ring (bicyclic) bond motifs is 2. The smallest absolute Gasteiger partial charge is 0.315 e. The third-order valence-electron chi connectivity index (χ3n) is 5.08. The van der Waals surface area contributed by atoms with Crippen LogP contribution in [-0.4, -0.2) is 34.8 Å². The maximum atomic E-state index is 12.5. The molecule has 6 nitrogen and oxygen atoms in total. The first kappa shape index (κ1) is 18.2. The van der Waals surface area contributed by atoms with Gasteiger partial charge in [0.15, 0.2) is 0 Å². The lowest BCUT2D eigenvalue weighted by atomic mass is 9.84. The third kappa shape index (κ3) is 3.52. The van der Waals surface area contributed by atoms with Crippen molar-refractivity contribution in [1.29, 1.82) is 0 Å². The van der Waals surface area contributed by atoms with Crippen LogP contribution in [0, 0.1) is 0 Å². The molecule has 0 aliphatic carbocycles. The monoisotopic (exact) mass is 405 g/mol. The van der Waals surface area contributed by atoms with Gasteiger partial charge in [0.1, 0.15) is 5.82 Å².